The van der Waals surface area contributed by atoms with Crippen LogP contribution in [0.4, 0.5) is 0 Å². The van der Waals surface area contributed by atoms with Crippen molar-refractivity contribution in [1.82, 2.24) is 9.55 Å². The zero-order chi connectivity index (χ0) is 14.0. The molecule has 2 aromatic rings. The first-order valence-electron chi connectivity index (χ1n) is 6.26. The van der Waals surface area contributed by atoms with E-state index in [9.17, 15) is 0 Å². The van der Waals surface area contributed by atoms with Crippen LogP contribution in [0, 0.1) is 3.83 Å². The maximum atomic E-state index is 6.25. The Bertz CT molecular complexity index is 580. The molecule has 0 spiro atoms. The number of halogens is 2. The van der Waals surface area contributed by atoms with E-state index in [2.05, 4.69) is 47.2 Å². The molecule has 0 N–H and O–H groups in total. The minimum absolute atomic E-state index is 0.517. The van der Waals surface area contributed by atoms with Gasteiger partial charge in [-0.2, -0.15) is 0 Å². The Labute approximate surface area is 133 Å². The van der Waals surface area contributed by atoms with Crippen LogP contribution in [0.25, 0.3) is 11.0 Å². The first-order valence-corrected chi connectivity index (χ1v) is 11.4. The van der Waals surface area contributed by atoms with Crippen LogP contribution in [0.5, 0.6) is 0 Å². The Hall–Kier alpha value is -0.113. The monoisotopic (exact) mass is 408 g/mol. The number of aromatic nitrogens is 2. The average molecular weight is 409 g/mol. The van der Waals surface area contributed by atoms with E-state index in [0.717, 1.165) is 26.5 Å². The highest BCUT2D eigenvalue weighted by Gasteiger charge is 2.14. The highest BCUT2D eigenvalue weighted by molar-refractivity contribution is 14.1. The van der Waals surface area contributed by atoms with E-state index in [1.54, 1.807) is 0 Å². The van der Waals surface area contributed by atoms with Crippen molar-refractivity contribution < 1.29 is 4.74 Å². The van der Waals surface area contributed by atoms with Gasteiger partial charge in [-0.25, -0.2) is 4.98 Å². The molecule has 0 fully saturated rings. The maximum absolute atomic E-state index is 6.25. The van der Waals surface area contributed by atoms with Crippen molar-refractivity contribution in [3.05, 3.63) is 27.1 Å². The largest absolute Gasteiger partial charge is 0.361 e. The summed E-state index contributed by atoms with van der Waals surface area (Å²) in [6.45, 7) is 8.37. The molecule has 0 radical (unpaired) electrons. The summed E-state index contributed by atoms with van der Waals surface area (Å²) in [6, 6.07) is 6.95. The van der Waals surface area contributed by atoms with Crippen molar-refractivity contribution in [3.63, 3.8) is 0 Å². The molecular formula is C13H18ClIN2OSi. The van der Waals surface area contributed by atoms with E-state index >= 15 is 0 Å². The van der Waals surface area contributed by atoms with Crippen LogP contribution in [0.2, 0.25) is 30.7 Å². The van der Waals surface area contributed by atoms with E-state index in [4.69, 9.17) is 16.3 Å². The van der Waals surface area contributed by atoms with Crippen LogP contribution in [-0.2, 0) is 11.5 Å². The van der Waals surface area contributed by atoms with Crippen molar-refractivity contribution >= 4 is 53.3 Å². The van der Waals surface area contributed by atoms with Crippen LogP contribution in [0.1, 0.15) is 0 Å². The van der Waals surface area contributed by atoms with Gasteiger partial charge in [0.25, 0.3) is 0 Å². The van der Waals surface area contributed by atoms with E-state index in [0.29, 0.717) is 6.73 Å². The molecule has 1 aromatic carbocycles. The molecule has 0 amide bonds. The van der Waals surface area contributed by atoms with Crippen molar-refractivity contribution in [2.45, 2.75) is 32.4 Å². The summed E-state index contributed by atoms with van der Waals surface area (Å²) >= 11 is 8.47. The van der Waals surface area contributed by atoms with Crippen LogP contribution in [0.3, 0.4) is 0 Å². The van der Waals surface area contributed by atoms with Gasteiger partial charge in [0.15, 0.2) is 3.83 Å². The smallest absolute Gasteiger partial charge is 0.174 e. The predicted octanol–water partition coefficient (Wildman–Crippen LogP) is 4.61. The Morgan fingerprint density at radius 2 is 2.11 bits per heavy atom. The van der Waals surface area contributed by atoms with E-state index in [-0.39, 0.29) is 0 Å². The quantitative estimate of drug-likeness (QED) is 0.410. The third kappa shape index (κ3) is 3.93. The topological polar surface area (TPSA) is 27.1 Å². The number of ether oxygens (including phenoxy) is 1. The Morgan fingerprint density at radius 3 is 2.79 bits per heavy atom. The fourth-order valence-electron chi connectivity index (χ4n) is 1.77. The number of fused-ring (bicyclic) bond motifs is 1. The molecule has 6 heteroatoms. The Morgan fingerprint density at radius 1 is 1.37 bits per heavy atom. The third-order valence-electron chi connectivity index (χ3n) is 2.89. The molecule has 0 aliphatic heterocycles. The van der Waals surface area contributed by atoms with Crippen molar-refractivity contribution in [1.29, 1.82) is 0 Å². The van der Waals surface area contributed by atoms with Crippen LogP contribution in [-0.4, -0.2) is 24.2 Å². The molecule has 0 saturated heterocycles. The molecular weight excluding hydrogens is 391 g/mol. The van der Waals surface area contributed by atoms with Gasteiger partial charge in [-0.15, -0.1) is 0 Å². The zero-order valence-electron chi connectivity index (χ0n) is 11.4. The van der Waals surface area contributed by atoms with E-state index < -0.39 is 8.07 Å². The number of nitrogens with zero attached hydrogens (tertiary/aromatic N) is 2. The fraction of sp³-hybridized carbons (Fsp3) is 0.462. The lowest BCUT2D eigenvalue weighted by Crippen LogP contribution is -2.22. The minimum atomic E-state index is -1.04. The second kappa shape index (κ2) is 6.11. The minimum Gasteiger partial charge on any atom is -0.361 e. The van der Waals surface area contributed by atoms with Crippen LogP contribution in [0.15, 0.2) is 18.2 Å². The number of hydrogen-bond acceptors (Lipinski definition) is 2. The SMILES string of the molecule is C[Si](C)(C)CCOCn1c(I)nc2cccc(Cl)c21. The summed E-state index contributed by atoms with van der Waals surface area (Å²) in [5, 5.41) is 0.724. The molecule has 0 unspecified atom stereocenters. The predicted molar refractivity (Wildman–Crippen MR) is 91.6 cm³/mol. The molecule has 0 saturated carbocycles. The molecule has 3 nitrogen and oxygen atoms in total. The van der Waals surface area contributed by atoms with E-state index in [1.165, 1.54) is 6.04 Å². The normalized spacial score (nSPS) is 12.3. The van der Waals surface area contributed by atoms with Gasteiger partial charge < -0.3 is 4.74 Å². The third-order valence-corrected chi connectivity index (χ3v) is 5.72. The number of hydrogen-bond donors (Lipinski definition) is 0. The van der Waals surface area contributed by atoms with Gasteiger partial charge in [0.05, 0.1) is 16.1 Å². The van der Waals surface area contributed by atoms with E-state index in [1.807, 2.05) is 22.8 Å². The highest BCUT2D eigenvalue weighted by Crippen LogP contribution is 2.25. The highest BCUT2D eigenvalue weighted by atomic mass is 127. The summed E-state index contributed by atoms with van der Waals surface area (Å²) in [4.78, 5) is 4.50. The average Bonchev–Trinajstić information content (AvgIpc) is 2.61. The van der Waals surface area contributed by atoms with Crippen molar-refractivity contribution in [3.8, 4) is 0 Å². The van der Waals surface area contributed by atoms with Gasteiger partial charge in [0.1, 0.15) is 6.73 Å². The number of imidazole rings is 1. The molecule has 2 rings (SSSR count). The summed E-state index contributed by atoms with van der Waals surface area (Å²) in [6.07, 6.45) is 0. The van der Waals surface area contributed by atoms with Gasteiger partial charge in [0, 0.05) is 37.3 Å². The molecule has 0 aliphatic rings. The lowest BCUT2D eigenvalue weighted by Gasteiger charge is -2.16. The van der Waals surface area contributed by atoms with Gasteiger partial charge in [-0.1, -0.05) is 37.3 Å². The first-order chi connectivity index (χ1) is 8.88. The molecule has 0 atom stereocenters. The summed E-state index contributed by atoms with van der Waals surface area (Å²) in [5.41, 5.74) is 1.88. The summed E-state index contributed by atoms with van der Waals surface area (Å²) < 4.78 is 8.73. The van der Waals surface area contributed by atoms with Crippen LogP contribution < -0.4 is 0 Å². The molecule has 104 valence electrons. The molecule has 1 heterocycles. The standard InChI is InChI=1S/C13H18ClIN2OSi/c1-19(2,3)8-7-18-9-17-12-10(14)5-4-6-11(12)16-13(17)15/h4-6H,7-9H2,1-3H3. The lowest BCUT2D eigenvalue weighted by atomic mass is 10.3. The zero-order valence-corrected chi connectivity index (χ0v) is 15.3. The maximum Gasteiger partial charge on any atom is 0.174 e. The molecule has 19 heavy (non-hydrogen) atoms. The van der Waals surface area contributed by atoms with Crippen molar-refractivity contribution in [2.24, 2.45) is 0 Å². The number of rotatable bonds is 5. The molecule has 0 aliphatic carbocycles. The van der Waals surface area contributed by atoms with Gasteiger partial charge >= 0.3 is 0 Å². The van der Waals surface area contributed by atoms with Crippen LogP contribution >= 0.6 is 34.2 Å². The summed E-state index contributed by atoms with van der Waals surface area (Å²) in [5.74, 6) is 0. The van der Waals surface area contributed by atoms with Crippen molar-refractivity contribution in [2.75, 3.05) is 6.61 Å². The molecule has 1 aromatic heterocycles. The fourth-order valence-corrected chi connectivity index (χ4v) is 3.43. The number of benzene rings is 1. The van der Waals surface area contributed by atoms with Gasteiger partial charge in [0.2, 0.25) is 0 Å². The Kier molecular flexibility index (Phi) is 4.92. The number of para-hydroxylation sites is 1. The first kappa shape index (κ1) is 15.3. The Balaban J connectivity index is 2.10. The second-order valence-electron chi connectivity index (χ2n) is 5.76. The second-order valence-corrected chi connectivity index (χ2v) is 12.8. The summed E-state index contributed by atoms with van der Waals surface area (Å²) in [7, 11) is -1.04. The van der Waals surface area contributed by atoms with Gasteiger partial charge in [-0.05, 0) is 18.2 Å². The molecule has 0 bridgehead atoms. The van der Waals surface area contributed by atoms with Gasteiger partial charge in [-0.3, -0.25) is 4.57 Å². The lowest BCUT2D eigenvalue weighted by molar-refractivity contribution is 0.0882.